The molecule has 0 saturated carbocycles. The molecule has 1 aromatic heterocycles. The fraction of sp³-hybridized carbons (Fsp3) is 0.241. The van der Waals surface area contributed by atoms with E-state index in [1.165, 1.54) is 5.39 Å². The maximum Gasteiger partial charge on any atom is 0.0831 e. The standard InChI is InChI=1S/C29H28N2O/c1-18-17-24(23-12-8-11-21-15-16-30-27(21)23)22(14-13-20-9-6-5-7-10-20)25-19(2)28(32)29(3,4)31-26(18)25/h5-12,15-17,19,28,30-32H,1-4H3/t19-,28+/m1/s1. The molecular formula is C29H28N2O. The molecule has 2 atom stereocenters. The highest BCUT2D eigenvalue weighted by Crippen LogP contribution is 2.46. The number of fused-ring (bicyclic) bond motifs is 2. The van der Waals surface area contributed by atoms with Gasteiger partial charge in [-0.3, -0.25) is 0 Å². The molecule has 5 rings (SSSR count). The van der Waals surface area contributed by atoms with Crippen LogP contribution in [0.3, 0.4) is 0 Å². The highest BCUT2D eigenvalue weighted by atomic mass is 16.3. The van der Waals surface area contributed by atoms with Crippen molar-refractivity contribution in [1.82, 2.24) is 4.98 Å². The summed E-state index contributed by atoms with van der Waals surface area (Å²) in [7, 11) is 0. The van der Waals surface area contributed by atoms with Crippen molar-refractivity contribution in [3.05, 3.63) is 89.1 Å². The van der Waals surface area contributed by atoms with Crippen molar-refractivity contribution in [2.75, 3.05) is 5.32 Å². The van der Waals surface area contributed by atoms with Gasteiger partial charge in [0.25, 0.3) is 0 Å². The first-order chi connectivity index (χ1) is 15.4. The van der Waals surface area contributed by atoms with Gasteiger partial charge in [-0.15, -0.1) is 0 Å². The predicted octanol–water partition coefficient (Wildman–Crippen LogP) is 6.21. The molecule has 0 spiro atoms. The van der Waals surface area contributed by atoms with E-state index in [-0.39, 0.29) is 5.92 Å². The first kappa shape index (κ1) is 20.4. The first-order valence-corrected chi connectivity index (χ1v) is 11.1. The van der Waals surface area contributed by atoms with Crippen molar-refractivity contribution >= 4 is 16.6 Å². The summed E-state index contributed by atoms with van der Waals surface area (Å²) < 4.78 is 0. The van der Waals surface area contributed by atoms with Crippen LogP contribution in [-0.2, 0) is 0 Å². The summed E-state index contributed by atoms with van der Waals surface area (Å²) in [5.74, 6) is 6.82. The van der Waals surface area contributed by atoms with Crippen molar-refractivity contribution in [3.63, 3.8) is 0 Å². The molecule has 1 aliphatic rings. The average Bonchev–Trinajstić information content (AvgIpc) is 3.27. The zero-order valence-corrected chi connectivity index (χ0v) is 19.0. The van der Waals surface area contributed by atoms with Crippen LogP contribution in [0.5, 0.6) is 0 Å². The number of aliphatic hydroxyl groups is 1. The summed E-state index contributed by atoms with van der Waals surface area (Å²) >= 11 is 0. The Morgan fingerprint density at radius 1 is 0.938 bits per heavy atom. The molecule has 0 aliphatic carbocycles. The summed E-state index contributed by atoms with van der Waals surface area (Å²) in [6.07, 6.45) is 1.45. The third-order valence-corrected chi connectivity index (χ3v) is 6.66. The van der Waals surface area contributed by atoms with E-state index < -0.39 is 11.6 Å². The maximum atomic E-state index is 11.1. The second kappa shape index (κ2) is 7.58. The fourth-order valence-electron chi connectivity index (χ4n) is 4.96. The SMILES string of the molecule is Cc1cc(-c2cccc3cc[nH]c23)c(C#Cc2ccccc2)c2c1NC(C)(C)[C@@H](O)[C@@H]2C. The lowest BCUT2D eigenvalue weighted by atomic mass is 9.75. The summed E-state index contributed by atoms with van der Waals surface area (Å²) in [5.41, 5.74) is 8.21. The Kier molecular flexibility index (Phi) is 4.84. The zero-order chi connectivity index (χ0) is 22.5. The smallest absolute Gasteiger partial charge is 0.0831 e. The van der Waals surface area contributed by atoms with Crippen LogP contribution in [0.1, 0.15) is 48.9 Å². The predicted molar refractivity (Wildman–Crippen MR) is 133 cm³/mol. The number of rotatable bonds is 1. The maximum absolute atomic E-state index is 11.1. The van der Waals surface area contributed by atoms with Crippen LogP contribution in [0.2, 0.25) is 0 Å². The molecule has 0 saturated heterocycles. The Balaban J connectivity index is 1.83. The van der Waals surface area contributed by atoms with Crippen molar-refractivity contribution in [3.8, 4) is 23.0 Å². The lowest BCUT2D eigenvalue weighted by Gasteiger charge is -2.43. The number of hydrogen-bond acceptors (Lipinski definition) is 2. The van der Waals surface area contributed by atoms with E-state index in [2.05, 4.69) is 80.2 Å². The van der Waals surface area contributed by atoms with E-state index in [4.69, 9.17) is 0 Å². The van der Waals surface area contributed by atoms with E-state index in [0.717, 1.165) is 44.6 Å². The number of aromatic nitrogens is 1. The second-order valence-corrected chi connectivity index (χ2v) is 9.35. The molecule has 0 bridgehead atoms. The normalized spacial score (nSPS) is 19.0. The van der Waals surface area contributed by atoms with Crippen LogP contribution in [0.15, 0.2) is 66.9 Å². The van der Waals surface area contributed by atoms with Crippen LogP contribution in [0.25, 0.3) is 22.0 Å². The number of para-hydroxylation sites is 1. The Morgan fingerprint density at radius 2 is 1.72 bits per heavy atom. The van der Waals surface area contributed by atoms with Gasteiger partial charge in [-0.1, -0.05) is 55.2 Å². The molecule has 0 radical (unpaired) electrons. The molecule has 3 heteroatoms. The molecule has 1 aliphatic heterocycles. The Morgan fingerprint density at radius 3 is 2.50 bits per heavy atom. The Bertz CT molecular complexity index is 1370. The third-order valence-electron chi connectivity index (χ3n) is 6.66. The van der Waals surface area contributed by atoms with Crippen molar-refractivity contribution in [1.29, 1.82) is 0 Å². The lowest BCUT2D eigenvalue weighted by molar-refractivity contribution is 0.0868. The molecule has 3 nitrogen and oxygen atoms in total. The van der Waals surface area contributed by atoms with Crippen LogP contribution >= 0.6 is 0 Å². The molecule has 3 aromatic carbocycles. The molecule has 160 valence electrons. The lowest BCUT2D eigenvalue weighted by Crippen LogP contribution is -2.50. The monoisotopic (exact) mass is 420 g/mol. The van der Waals surface area contributed by atoms with Crippen LogP contribution in [0.4, 0.5) is 5.69 Å². The van der Waals surface area contributed by atoms with Gasteiger partial charge in [-0.2, -0.15) is 0 Å². The Hall–Kier alpha value is -3.48. The quantitative estimate of drug-likeness (QED) is 0.321. The van der Waals surface area contributed by atoms with E-state index in [1.54, 1.807) is 0 Å². The molecule has 2 heterocycles. The minimum atomic E-state index is -0.525. The van der Waals surface area contributed by atoms with E-state index >= 15 is 0 Å². The minimum Gasteiger partial charge on any atom is -0.390 e. The van der Waals surface area contributed by atoms with Crippen LogP contribution < -0.4 is 5.32 Å². The van der Waals surface area contributed by atoms with Gasteiger partial charge < -0.3 is 15.4 Å². The average molecular weight is 421 g/mol. The second-order valence-electron chi connectivity index (χ2n) is 9.35. The minimum absolute atomic E-state index is 0.0529. The third kappa shape index (κ3) is 3.28. The largest absolute Gasteiger partial charge is 0.390 e. The van der Waals surface area contributed by atoms with Gasteiger partial charge in [0.1, 0.15) is 0 Å². The van der Waals surface area contributed by atoms with Gasteiger partial charge in [-0.25, -0.2) is 0 Å². The molecule has 3 N–H and O–H groups in total. The number of benzene rings is 3. The summed E-state index contributed by atoms with van der Waals surface area (Å²) in [6.45, 7) is 8.36. The molecule has 0 fully saturated rings. The van der Waals surface area contributed by atoms with E-state index in [1.807, 2.05) is 36.5 Å². The highest BCUT2D eigenvalue weighted by Gasteiger charge is 2.40. The van der Waals surface area contributed by atoms with Gasteiger partial charge >= 0.3 is 0 Å². The molecule has 0 amide bonds. The summed E-state index contributed by atoms with van der Waals surface area (Å²) in [5, 5.41) is 15.9. The molecule has 0 unspecified atom stereocenters. The molecule has 32 heavy (non-hydrogen) atoms. The van der Waals surface area contributed by atoms with Gasteiger partial charge in [-0.05, 0) is 61.5 Å². The van der Waals surface area contributed by atoms with Gasteiger partial charge in [0.2, 0.25) is 0 Å². The van der Waals surface area contributed by atoms with E-state index in [9.17, 15) is 5.11 Å². The number of aliphatic hydroxyl groups excluding tert-OH is 1. The number of aryl methyl sites for hydroxylation is 1. The zero-order valence-electron chi connectivity index (χ0n) is 19.0. The Labute approximate surface area is 189 Å². The fourth-order valence-corrected chi connectivity index (χ4v) is 4.96. The van der Waals surface area contributed by atoms with Gasteiger partial charge in [0.05, 0.1) is 17.2 Å². The topological polar surface area (TPSA) is 48.0 Å². The number of anilines is 1. The van der Waals surface area contributed by atoms with Gasteiger partial charge in [0, 0.05) is 40.1 Å². The van der Waals surface area contributed by atoms with Crippen molar-refractivity contribution < 1.29 is 5.11 Å². The van der Waals surface area contributed by atoms with Crippen LogP contribution in [0, 0.1) is 18.8 Å². The van der Waals surface area contributed by atoms with Gasteiger partial charge in [0.15, 0.2) is 0 Å². The summed E-state index contributed by atoms with van der Waals surface area (Å²) in [4.78, 5) is 3.41. The van der Waals surface area contributed by atoms with E-state index in [0.29, 0.717) is 0 Å². The van der Waals surface area contributed by atoms with Crippen molar-refractivity contribution in [2.24, 2.45) is 0 Å². The number of nitrogens with one attached hydrogen (secondary N) is 2. The van der Waals surface area contributed by atoms with Crippen molar-refractivity contribution in [2.45, 2.75) is 45.3 Å². The number of H-pyrrole nitrogens is 1. The first-order valence-electron chi connectivity index (χ1n) is 11.1. The number of aromatic amines is 1. The molecule has 4 aromatic rings. The summed E-state index contributed by atoms with van der Waals surface area (Å²) in [6, 6.07) is 20.7. The number of hydrogen-bond donors (Lipinski definition) is 3. The van der Waals surface area contributed by atoms with Crippen LogP contribution in [-0.4, -0.2) is 21.7 Å². The molecular weight excluding hydrogens is 392 g/mol. The highest BCUT2D eigenvalue weighted by molar-refractivity contribution is 5.97.